The molecular formula is C10H14NO2. The van der Waals surface area contributed by atoms with Crippen molar-refractivity contribution in [1.82, 2.24) is 0 Å². The van der Waals surface area contributed by atoms with Crippen LogP contribution in [-0.2, 0) is 9.53 Å². The maximum absolute atomic E-state index is 11.6. The molecule has 0 spiro atoms. The first-order valence-corrected chi connectivity index (χ1v) is 4.67. The van der Waals surface area contributed by atoms with Crippen molar-refractivity contribution in [2.45, 2.75) is 25.3 Å². The number of esters is 1. The summed E-state index contributed by atoms with van der Waals surface area (Å²) in [6.45, 7) is 2.20. The first-order chi connectivity index (χ1) is 6.16. The van der Waals surface area contributed by atoms with Crippen molar-refractivity contribution in [3.8, 4) is 0 Å². The Bertz CT molecular complexity index is 262. The van der Waals surface area contributed by atoms with Crippen LogP contribution in [0.2, 0.25) is 0 Å². The molecule has 13 heavy (non-hydrogen) atoms. The van der Waals surface area contributed by atoms with Crippen molar-refractivity contribution in [2.24, 2.45) is 11.7 Å². The van der Waals surface area contributed by atoms with E-state index in [0.717, 1.165) is 18.8 Å². The average Bonchev–Trinajstić information content (AvgIpc) is 2.64. The van der Waals surface area contributed by atoms with Crippen LogP contribution in [0.25, 0.3) is 0 Å². The predicted octanol–water partition coefficient (Wildman–Crippen LogP) is 0.801. The Morgan fingerprint density at radius 1 is 1.85 bits per heavy atom. The fraction of sp³-hybridized carbons (Fsp3) is 0.600. The lowest BCUT2D eigenvalue weighted by molar-refractivity contribution is -0.148. The van der Waals surface area contributed by atoms with E-state index in [1.165, 1.54) is 0 Å². The van der Waals surface area contributed by atoms with Gasteiger partial charge in [0.05, 0.1) is 6.61 Å². The number of hydrogen-bond acceptors (Lipinski definition) is 3. The molecule has 0 amide bonds. The fourth-order valence-electron chi connectivity index (χ4n) is 2.16. The molecule has 0 aliphatic heterocycles. The summed E-state index contributed by atoms with van der Waals surface area (Å²) in [5, 5.41) is 0. The smallest absolute Gasteiger partial charge is 0.327 e. The molecule has 2 rings (SSSR count). The summed E-state index contributed by atoms with van der Waals surface area (Å²) in [5.74, 6) is 1.23. The Morgan fingerprint density at radius 2 is 2.62 bits per heavy atom. The van der Waals surface area contributed by atoms with Gasteiger partial charge in [0.2, 0.25) is 0 Å². The molecule has 1 saturated carbocycles. The van der Waals surface area contributed by atoms with Crippen LogP contribution in [0.15, 0.2) is 12.2 Å². The van der Waals surface area contributed by atoms with Gasteiger partial charge in [0.1, 0.15) is 5.54 Å². The van der Waals surface area contributed by atoms with Crippen LogP contribution >= 0.6 is 0 Å². The molecule has 1 fully saturated rings. The summed E-state index contributed by atoms with van der Waals surface area (Å²) in [6, 6.07) is 0. The average molecular weight is 180 g/mol. The van der Waals surface area contributed by atoms with E-state index in [9.17, 15) is 4.79 Å². The number of carbonyl (C=O) groups is 1. The van der Waals surface area contributed by atoms with Gasteiger partial charge < -0.3 is 10.5 Å². The highest BCUT2D eigenvalue weighted by molar-refractivity contribution is 5.86. The molecule has 2 atom stereocenters. The Labute approximate surface area is 77.9 Å². The van der Waals surface area contributed by atoms with Gasteiger partial charge in [-0.3, -0.25) is 4.79 Å². The van der Waals surface area contributed by atoms with E-state index >= 15 is 0 Å². The lowest BCUT2D eigenvalue weighted by atomic mass is 9.86. The summed E-state index contributed by atoms with van der Waals surface area (Å²) < 4.78 is 4.96. The van der Waals surface area contributed by atoms with Gasteiger partial charge in [-0.25, -0.2) is 0 Å². The molecule has 3 heteroatoms. The van der Waals surface area contributed by atoms with E-state index in [1.807, 2.05) is 6.08 Å². The molecule has 0 saturated heterocycles. The van der Waals surface area contributed by atoms with E-state index < -0.39 is 5.54 Å². The Morgan fingerprint density at radius 3 is 3.08 bits per heavy atom. The van der Waals surface area contributed by atoms with Gasteiger partial charge in [0, 0.05) is 5.92 Å². The number of ether oxygens (including phenoxy) is 1. The monoisotopic (exact) mass is 180 g/mol. The third kappa shape index (κ3) is 1.18. The van der Waals surface area contributed by atoms with Crippen LogP contribution in [0.1, 0.15) is 19.8 Å². The van der Waals surface area contributed by atoms with Crippen molar-refractivity contribution in [3.05, 3.63) is 18.1 Å². The van der Waals surface area contributed by atoms with Crippen LogP contribution in [0.5, 0.6) is 0 Å². The lowest BCUT2D eigenvalue weighted by Crippen LogP contribution is -2.51. The highest BCUT2D eigenvalue weighted by atomic mass is 16.5. The number of carbonyl (C=O) groups excluding carboxylic acids is 1. The third-order valence-corrected chi connectivity index (χ3v) is 2.85. The largest absolute Gasteiger partial charge is 0.465 e. The predicted molar refractivity (Wildman–Crippen MR) is 48.7 cm³/mol. The second kappa shape index (κ2) is 2.84. The topological polar surface area (TPSA) is 52.3 Å². The van der Waals surface area contributed by atoms with E-state index in [-0.39, 0.29) is 5.97 Å². The van der Waals surface area contributed by atoms with E-state index in [1.54, 1.807) is 6.92 Å². The van der Waals surface area contributed by atoms with Crippen molar-refractivity contribution in [2.75, 3.05) is 6.61 Å². The molecule has 0 aromatic carbocycles. The molecule has 0 aromatic heterocycles. The van der Waals surface area contributed by atoms with Gasteiger partial charge in [0.15, 0.2) is 0 Å². The quantitative estimate of drug-likeness (QED) is 0.639. The number of fused-ring (bicyclic) bond motifs is 2. The Hall–Kier alpha value is -0.830. The highest BCUT2D eigenvalue weighted by Gasteiger charge is 2.52. The SMILES string of the molecule is CCOC(=O)C1(N)CC2C=C[C]1C2. The fourth-order valence-corrected chi connectivity index (χ4v) is 2.16. The molecule has 71 valence electrons. The van der Waals surface area contributed by atoms with Crippen molar-refractivity contribution in [3.63, 3.8) is 0 Å². The van der Waals surface area contributed by atoms with Gasteiger partial charge >= 0.3 is 5.97 Å². The molecule has 2 N–H and O–H groups in total. The van der Waals surface area contributed by atoms with Crippen LogP contribution in [0, 0.1) is 11.8 Å². The van der Waals surface area contributed by atoms with E-state index in [2.05, 4.69) is 6.08 Å². The lowest BCUT2D eigenvalue weighted by Gasteiger charge is -2.27. The molecular weight excluding hydrogens is 166 g/mol. The second-order valence-corrected chi connectivity index (χ2v) is 3.74. The van der Waals surface area contributed by atoms with Crippen LogP contribution < -0.4 is 5.73 Å². The molecule has 2 aliphatic rings. The maximum Gasteiger partial charge on any atom is 0.327 e. The van der Waals surface area contributed by atoms with E-state index in [4.69, 9.17) is 10.5 Å². The normalized spacial score (nSPS) is 36.9. The second-order valence-electron chi connectivity index (χ2n) is 3.74. The Balaban J connectivity index is 2.13. The zero-order chi connectivity index (χ0) is 9.47. The van der Waals surface area contributed by atoms with Gasteiger partial charge in [-0.15, -0.1) is 0 Å². The minimum absolute atomic E-state index is 0.267. The van der Waals surface area contributed by atoms with Crippen LogP contribution in [0.4, 0.5) is 0 Å². The van der Waals surface area contributed by atoms with Crippen molar-refractivity contribution >= 4 is 5.97 Å². The Kier molecular flexibility index (Phi) is 1.91. The summed E-state index contributed by atoms with van der Waals surface area (Å²) in [6.07, 6.45) is 5.76. The number of rotatable bonds is 2. The number of hydrogen-bond donors (Lipinski definition) is 1. The summed E-state index contributed by atoms with van der Waals surface area (Å²) in [7, 11) is 0. The molecule has 3 nitrogen and oxygen atoms in total. The van der Waals surface area contributed by atoms with Crippen molar-refractivity contribution in [1.29, 1.82) is 0 Å². The number of allylic oxidation sites excluding steroid dienone is 1. The molecule has 2 bridgehead atoms. The zero-order valence-electron chi connectivity index (χ0n) is 7.75. The van der Waals surface area contributed by atoms with Crippen LogP contribution in [-0.4, -0.2) is 18.1 Å². The first-order valence-electron chi connectivity index (χ1n) is 4.67. The molecule has 0 aromatic rings. The van der Waals surface area contributed by atoms with Gasteiger partial charge in [-0.2, -0.15) is 0 Å². The third-order valence-electron chi connectivity index (χ3n) is 2.85. The summed E-state index contributed by atoms with van der Waals surface area (Å²) in [5.41, 5.74) is 5.20. The van der Waals surface area contributed by atoms with Gasteiger partial charge in [0.25, 0.3) is 0 Å². The van der Waals surface area contributed by atoms with Gasteiger partial charge in [-0.05, 0) is 25.7 Å². The molecule has 1 radical (unpaired) electrons. The minimum atomic E-state index is -0.810. The van der Waals surface area contributed by atoms with E-state index in [0.29, 0.717) is 12.5 Å². The minimum Gasteiger partial charge on any atom is -0.465 e. The summed E-state index contributed by atoms with van der Waals surface area (Å²) in [4.78, 5) is 11.6. The zero-order valence-corrected chi connectivity index (χ0v) is 7.75. The molecule has 2 aliphatic carbocycles. The maximum atomic E-state index is 11.6. The summed E-state index contributed by atoms with van der Waals surface area (Å²) >= 11 is 0. The first kappa shape index (κ1) is 8.75. The highest BCUT2D eigenvalue weighted by Crippen LogP contribution is 2.46. The molecule has 2 unspecified atom stereocenters. The van der Waals surface area contributed by atoms with Crippen molar-refractivity contribution < 1.29 is 9.53 Å². The van der Waals surface area contributed by atoms with Crippen LogP contribution in [0.3, 0.4) is 0 Å². The molecule has 0 heterocycles. The standard InChI is InChI=1S/C10H14NO2/c1-2-13-9(12)10(11)6-7-3-4-8(10)5-7/h3-4,7H,2,5-6,11H2,1H3. The number of nitrogens with two attached hydrogens (primary N) is 1. The van der Waals surface area contributed by atoms with Gasteiger partial charge in [-0.1, -0.05) is 12.2 Å².